The molecule has 0 aliphatic carbocycles. The number of hydrogen-bond acceptors (Lipinski definition) is 4. The second-order valence-electron chi connectivity index (χ2n) is 5.40. The van der Waals surface area contributed by atoms with Crippen LogP contribution in [0.2, 0.25) is 0 Å². The van der Waals surface area contributed by atoms with Crippen molar-refractivity contribution < 1.29 is 38.8 Å². The van der Waals surface area contributed by atoms with Crippen LogP contribution in [0.5, 0.6) is 0 Å². The Morgan fingerprint density at radius 1 is 1.18 bits per heavy atom. The molecule has 0 bridgehead atoms. The number of nitrogens with one attached hydrogen (secondary N) is 1. The number of carbonyl (C=O) groups is 1. The van der Waals surface area contributed by atoms with Crippen LogP contribution in [-0.2, 0) is 4.79 Å². The summed E-state index contributed by atoms with van der Waals surface area (Å²) in [5.74, 6) is 0.383. The average Bonchev–Trinajstić information content (AvgIpc) is 3.17. The van der Waals surface area contributed by atoms with Crippen molar-refractivity contribution >= 4 is 34.1 Å². The van der Waals surface area contributed by atoms with Crippen molar-refractivity contribution in [1.29, 1.82) is 5.26 Å². The maximum absolute atomic E-state index is 12.1. The SMILES string of the molecule is N#CC(=Cc1ccc(-c2[c-]cccc2)o1)C(=O)NN=Cc1ccc(Br)cc1.[Na+]. The first-order valence-electron chi connectivity index (χ1n) is 7.93. The van der Waals surface area contributed by atoms with Gasteiger partial charge in [-0.1, -0.05) is 34.1 Å². The van der Waals surface area contributed by atoms with Crippen molar-refractivity contribution in [3.8, 4) is 17.4 Å². The molecule has 0 aliphatic rings. The third kappa shape index (κ3) is 6.04. The molecule has 7 heteroatoms. The maximum Gasteiger partial charge on any atom is 1.00 e. The third-order valence-corrected chi connectivity index (χ3v) is 4.03. The van der Waals surface area contributed by atoms with Gasteiger partial charge in [0.05, 0.1) is 12.0 Å². The summed E-state index contributed by atoms with van der Waals surface area (Å²) < 4.78 is 6.60. The van der Waals surface area contributed by atoms with Crippen LogP contribution in [0.4, 0.5) is 0 Å². The number of carbonyl (C=O) groups excluding carboxylic acids is 1. The van der Waals surface area contributed by atoms with Crippen molar-refractivity contribution in [2.75, 3.05) is 0 Å². The van der Waals surface area contributed by atoms with Crippen molar-refractivity contribution in [2.45, 2.75) is 0 Å². The Bertz CT molecular complexity index is 1040. The van der Waals surface area contributed by atoms with Gasteiger partial charge < -0.3 is 4.42 Å². The molecule has 3 aromatic rings. The molecular formula is C21H13BrN3NaO2. The predicted molar refractivity (Wildman–Crippen MR) is 106 cm³/mol. The summed E-state index contributed by atoms with van der Waals surface area (Å²) in [4.78, 5) is 12.1. The van der Waals surface area contributed by atoms with E-state index in [4.69, 9.17) is 4.42 Å². The van der Waals surface area contributed by atoms with E-state index in [9.17, 15) is 10.1 Å². The second kappa shape index (κ2) is 10.8. The van der Waals surface area contributed by atoms with E-state index in [-0.39, 0.29) is 35.1 Å². The molecule has 0 saturated heterocycles. The number of furan rings is 1. The number of benzene rings is 2. The summed E-state index contributed by atoms with van der Waals surface area (Å²) in [6, 6.07) is 23.1. The Morgan fingerprint density at radius 3 is 2.64 bits per heavy atom. The largest absolute Gasteiger partial charge is 1.00 e. The van der Waals surface area contributed by atoms with Crippen LogP contribution in [0, 0.1) is 17.4 Å². The van der Waals surface area contributed by atoms with E-state index in [1.807, 2.05) is 48.5 Å². The summed E-state index contributed by atoms with van der Waals surface area (Å²) in [7, 11) is 0. The van der Waals surface area contributed by atoms with Crippen molar-refractivity contribution in [3.63, 3.8) is 0 Å². The molecule has 0 atom stereocenters. The van der Waals surface area contributed by atoms with Gasteiger partial charge in [-0.05, 0) is 23.8 Å². The van der Waals surface area contributed by atoms with Gasteiger partial charge in [-0.15, -0.1) is 35.9 Å². The third-order valence-electron chi connectivity index (χ3n) is 3.50. The Morgan fingerprint density at radius 2 is 1.96 bits per heavy atom. The summed E-state index contributed by atoms with van der Waals surface area (Å²) in [6.45, 7) is 0. The number of amides is 1. The monoisotopic (exact) mass is 441 g/mol. The molecule has 5 nitrogen and oxygen atoms in total. The van der Waals surface area contributed by atoms with Gasteiger partial charge in [0.2, 0.25) is 0 Å². The van der Waals surface area contributed by atoms with Crippen LogP contribution in [0.25, 0.3) is 17.4 Å². The predicted octanol–water partition coefficient (Wildman–Crippen LogP) is 1.57. The van der Waals surface area contributed by atoms with Gasteiger partial charge in [0.15, 0.2) is 0 Å². The molecule has 0 spiro atoms. The molecule has 1 heterocycles. The van der Waals surface area contributed by atoms with Gasteiger partial charge in [-0.2, -0.15) is 10.4 Å². The molecule has 132 valence electrons. The van der Waals surface area contributed by atoms with E-state index in [1.165, 1.54) is 12.3 Å². The number of nitrogens with zero attached hydrogens (tertiary/aromatic N) is 2. The van der Waals surface area contributed by atoms with Crippen LogP contribution in [0.1, 0.15) is 11.3 Å². The molecule has 1 N–H and O–H groups in total. The first kappa shape index (κ1) is 21.9. The van der Waals surface area contributed by atoms with E-state index in [0.717, 1.165) is 15.6 Å². The normalized spacial score (nSPS) is 10.9. The zero-order chi connectivity index (χ0) is 19.1. The Balaban J connectivity index is 0.00000280. The maximum atomic E-state index is 12.1. The van der Waals surface area contributed by atoms with E-state index < -0.39 is 5.91 Å². The number of nitriles is 1. The molecular weight excluding hydrogens is 429 g/mol. The van der Waals surface area contributed by atoms with Crippen molar-refractivity contribution in [2.24, 2.45) is 5.10 Å². The minimum Gasteiger partial charge on any atom is -0.501 e. The van der Waals surface area contributed by atoms with Gasteiger partial charge in [-0.25, -0.2) is 5.43 Å². The van der Waals surface area contributed by atoms with E-state index in [1.54, 1.807) is 18.2 Å². The van der Waals surface area contributed by atoms with Crippen LogP contribution < -0.4 is 35.0 Å². The molecule has 1 aromatic heterocycles. The molecule has 0 unspecified atom stereocenters. The number of halogens is 1. The first-order chi connectivity index (χ1) is 13.2. The molecule has 28 heavy (non-hydrogen) atoms. The van der Waals surface area contributed by atoms with Gasteiger partial charge in [0.25, 0.3) is 5.91 Å². The minimum atomic E-state index is -0.616. The number of rotatable bonds is 5. The van der Waals surface area contributed by atoms with Crippen LogP contribution in [0.3, 0.4) is 0 Å². The van der Waals surface area contributed by atoms with Crippen molar-refractivity contribution in [1.82, 2.24) is 5.43 Å². The van der Waals surface area contributed by atoms with E-state index >= 15 is 0 Å². The topological polar surface area (TPSA) is 78.4 Å². The van der Waals surface area contributed by atoms with E-state index in [2.05, 4.69) is 32.5 Å². The Hall–Kier alpha value is -2.43. The molecule has 0 aliphatic heterocycles. The molecule has 0 saturated carbocycles. The molecule has 0 fully saturated rings. The summed E-state index contributed by atoms with van der Waals surface area (Å²) >= 11 is 3.34. The van der Waals surface area contributed by atoms with E-state index in [0.29, 0.717) is 11.5 Å². The van der Waals surface area contributed by atoms with Crippen LogP contribution >= 0.6 is 15.9 Å². The van der Waals surface area contributed by atoms with Gasteiger partial charge in [0, 0.05) is 10.5 Å². The zero-order valence-electron chi connectivity index (χ0n) is 15.0. The van der Waals surface area contributed by atoms with Crippen LogP contribution in [0.15, 0.2) is 80.2 Å². The minimum absolute atomic E-state index is 0. The van der Waals surface area contributed by atoms with Gasteiger partial charge >= 0.3 is 29.6 Å². The molecule has 0 radical (unpaired) electrons. The number of hydrazone groups is 1. The molecule has 2 aromatic carbocycles. The summed E-state index contributed by atoms with van der Waals surface area (Å²) in [5, 5.41) is 13.1. The fraction of sp³-hybridized carbons (Fsp3) is 0. The average molecular weight is 442 g/mol. The smallest absolute Gasteiger partial charge is 0.501 e. The number of hydrogen-bond donors (Lipinski definition) is 1. The summed E-state index contributed by atoms with van der Waals surface area (Å²) in [6.07, 6.45) is 2.87. The molecule has 1 amide bonds. The fourth-order valence-corrected chi connectivity index (χ4v) is 2.45. The van der Waals surface area contributed by atoms with Gasteiger partial charge in [-0.3, -0.25) is 4.79 Å². The Labute approximate surface area is 193 Å². The van der Waals surface area contributed by atoms with Crippen molar-refractivity contribution in [3.05, 3.63) is 88.1 Å². The van der Waals surface area contributed by atoms with Gasteiger partial charge in [0.1, 0.15) is 17.4 Å². The Kier molecular flexibility index (Phi) is 8.42. The standard InChI is InChI=1S/C21H13BrN3O2.Na/c22-18-8-6-15(7-9-18)14-24-25-21(26)17(13-23)12-19-10-11-20(27-19)16-4-2-1-3-5-16;/h1-4,6-12,14H,(H,25,26);/q-1;+1. The quantitative estimate of drug-likeness (QED) is 0.163. The second-order valence-corrected chi connectivity index (χ2v) is 6.31. The molecule has 3 rings (SSSR count). The first-order valence-corrected chi connectivity index (χ1v) is 8.73. The zero-order valence-corrected chi connectivity index (χ0v) is 18.6. The summed E-state index contributed by atoms with van der Waals surface area (Å²) in [5.41, 5.74) is 3.83. The fourth-order valence-electron chi connectivity index (χ4n) is 2.19. The van der Waals surface area contributed by atoms with Crippen LogP contribution in [-0.4, -0.2) is 12.1 Å².